The van der Waals surface area contributed by atoms with Gasteiger partial charge in [0.1, 0.15) is 5.76 Å². The van der Waals surface area contributed by atoms with Crippen LogP contribution < -0.4 is 9.47 Å². The molecule has 0 aliphatic carbocycles. The number of methoxy groups -OCH3 is 2. The summed E-state index contributed by atoms with van der Waals surface area (Å²) in [5.41, 5.74) is 0.984. The second-order valence-corrected chi connectivity index (χ2v) is 7.27. The minimum Gasteiger partial charge on any atom is -0.507 e. The average molecular weight is 446 g/mol. The first kappa shape index (κ1) is 22.7. The Bertz CT molecular complexity index is 1000. The van der Waals surface area contributed by atoms with Gasteiger partial charge in [-0.25, -0.2) is 0 Å². The fraction of sp³-hybridized carbons (Fsp3) is 0.304. The third-order valence-electron chi connectivity index (χ3n) is 5.00. The lowest BCUT2D eigenvalue weighted by Crippen LogP contribution is -2.32. The van der Waals surface area contributed by atoms with Crippen molar-refractivity contribution in [3.8, 4) is 11.5 Å². The molecule has 8 heteroatoms. The van der Waals surface area contributed by atoms with Gasteiger partial charge < -0.3 is 24.2 Å². The molecule has 0 radical (unpaired) electrons. The summed E-state index contributed by atoms with van der Waals surface area (Å²) in [7, 11) is 3.02. The molecule has 1 saturated heterocycles. The highest BCUT2D eigenvalue weighted by molar-refractivity contribution is 6.46. The third kappa shape index (κ3) is 4.52. The zero-order valence-electron chi connectivity index (χ0n) is 17.6. The van der Waals surface area contributed by atoms with Crippen LogP contribution >= 0.6 is 11.6 Å². The molecule has 3 rings (SSSR count). The predicted octanol–water partition coefficient (Wildman–Crippen LogP) is 3.82. The van der Waals surface area contributed by atoms with E-state index in [1.165, 1.54) is 19.1 Å². The van der Waals surface area contributed by atoms with Crippen LogP contribution in [-0.2, 0) is 14.3 Å². The van der Waals surface area contributed by atoms with E-state index in [0.717, 1.165) is 0 Å². The molecule has 0 unspecified atom stereocenters. The number of ketones is 1. The largest absolute Gasteiger partial charge is 0.507 e. The number of carbonyl (C=O) groups is 2. The second-order valence-electron chi connectivity index (χ2n) is 6.84. The van der Waals surface area contributed by atoms with Gasteiger partial charge >= 0.3 is 0 Å². The number of carbonyl (C=O) groups excluding carboxylic acids is 2. The van der Waals surface area contributed by atoms with Crippen LogP contribution in [0.3, 0.4) is 0 Å². The van der Waals surface area contributed by atoms with E-state index in [2.05, 4.69) is 0 Å². The van der Waals surface area contributed by atoms with E-state index in [4.69, 9.17) is 25.8 Å². The normalized spacial score (nSPS) is 17.8. The smallest absolute Gasteiger partial charge is 0.295 e. The molecular formula is C23H24ClNO6. The molecular weight excluding hydrogens is 422 g/mol. The van der Waals surface area contributed by atoms with Gasteiger partial charge in [-0.3, -0.25) is 9.59 Å². The van der Waals surface area contributed by atoms with Crippen molar-refractivity contribution >= 4 is 29.1 Å². The molecule has 0 spiro atoms. The number of likely N-dealkylation sites (tertiary alicyclic amines) is 1. The molecule has 1 fully saturated rings. The number of aliphatic hydroxyl groups is 1. The van der Waals surface area contributed by atoms with Crippen molar-refractivity contribution in [2.24, 2.45) is 0 Å². The number of hydrogen-bond donors (Lipinski definition) is 1. The van der Waals surface area contributed by atoms with E-state index in [1.54, 1.807) is 42.5 Å². The van der Waals surface area contributed by atoms with Crippen LogP contribution in [0.2, 0.25) is 5.02 Å². The summed E-state index contributed by atoms with van der Waals surface area (Å²) < 4.78 is 16.1. The summed E-state index contributed by atoms with van der Waals surface area (Å²) in [5.74, 6) is -0.733. The van der Waals surface area contributed by atoms with Crippen molar-refractivity contribution in [3.05, 3.63) is 64.2 Å². The molecule has 0 aromatic heterocycles. The van der Waals surface area contributed by atoms with Crippen LogP contribution in [0.4, 0.5) is 0 Å². The molecule has 2 aromatic carbocycles. The van der Waals surface area contributed by atoms with Crippen LogP contribution in [0.5, 0.6) is 11.5 Å². The van der Waals surface area contributed by atoms with Gasteiger partial charge in [-0.05, 0) is 48.9 Å². The van der Waals surface area contributed by atoms with Crippen LogP contribution in [0, 0.1) is 0 Å². The minimum atomic E-state index is -0.810. The van der Waals surface area contributed by atoms with Crippen molar-refractivity contribution in [2.75, 3.05) is 34.0 Å². The summed E-state index contributed by atoms with van der Waals surface area (Å²) in [6.45, 7) is 2.73. The lowest BCUT2D eigenvalue weighted by atomic mass is 9.95. The summed E-state index contributed by atoms with van der Waals surface area (Å²) in [6.07, 6.45) is 0. The number of Topliss-reactive ketones (excluding diaryl/α,β-unsaturated/α-hetero) is 1. The Kier molecular flexibility index (Phi) is 7.20. The van der Waals surface area contributed by atoms with Crippen LogP contribution in [0.15, 0.2) is 48.0 Å². The molecule has 1 aliphatic rings. The van der Waals surface area contributed by atoms with E-state index in [9.17, 15) is 14.7 Å². The molecule has 1 amide bonds. The number of benzene rings is 2. The van der Waals surface area contributed by atoms with Gasteiger partial charge in [0.15, 0.2) is 11.5 Å². The number of nitrogens with zero attached hydrogens (tertiary/aromatic N) is 1. The summed E-state index contributed by atoms with van der Waals surface area (Å²) in [5, 5.41) is 11.5. The van der Waals surface area contributed by atoms with Crippen LogP contribution in [0.1, 0.15) is 24.1 Å². The Morgan fingerprint density at radius 1 is 1.10 bits per heavy atom. The van der Waals surface area contributed by atoms with Crippen molar-refractivity contribution in [1.29, 1.82) is 0 Å². The zero-order valence-corrected chi connectivity index (χ0v) is 18.3. The minimum absolute atomic E-state index is 0.00496. The number of rotatable bonds is 8. The van der Waals surface area contributed by atoms with Crippen LogP contribution in [0.25, 0.3) is 5.76 Å². The van der Waals surface area contributed by atoms with E-state index >= 15 is 0 Å². The molecule has 1 aliphatic heterocycles. The number of halogens is 1. The number of hydrogen-bond acceptors (Lipinski definition) is 6. The van der Waals surface area contributed by atoms with Crippen molar-refractivity contribution in [3.63, 3.8) is 0 Å². The van der Waals surface area contributed by atoms with Gasteiger partial charge in [0.2, 0.25) is 0 Å². The van der Waals surface area contributed by atoms with Crippen LogP contribution in [-0.4, -0.2) is 55.7 Å². The Balaban J connectivity index is 2.17. The van der Waals surface area contributed by atoms with E-state index in [0.29, 0.717) is 34.3 Å². The summed E-state index contributed by atoms with van der Waals surface area (Å²) >= 11 is 5.94. The van der Waals surface area contributed by atoms with Gasteiger partial charge in [-0.15, -0.1) is 0 Å². The zero-order chi connectivity index (χ0) is 22.5. The number of ether oxygens (including phenoxy) is 3. The Morgan fingerprint density at radius 3 is 2.42 bits per heavy atom. The molecule has 2 aromatic rings. The first-order chi connectivity index (χ1) is 14.9. The fourth-order valence-electron chi connectivity index (χ4n) is 3.54. The van der Waals surface area contributed by atoms with E-state index in [1.807, 2.05) is 6.92 Å². The topological polar surface area (TPSA) is 85.3 Å². The maximum atomic E-state index is 12.9. The lowest BCUT2D eigenvalue weighted by molar-refractivity contribution is -0.140. The summed E-state index contributed by atoms with van der Waals surface area (Å²) in [4.78, 5) is 27.1. The first-order valence-corrected chi connectivity index (χ1v) is 10.1. The molecule has 7 nitrogen and oxygen atoms in total. The highest BCUT2D eigenvalue weighted by Gasteiger charge is 2.46. The van der Waals surface area contributed by atoms with Crippen molar-refractivity contribution in [1.82, 2.24) is 4.90 Å². The quantitative estimate of drug-likeness (QED) is 0.378. The van der Waals surface area contributed by atoms with Gasteiger partial charge in [0.05, 0.1) is 31.9 Å². The molecule has 31 heavy (non-hydrogen) atoms. The van der Waals surface area contributed by atoms with Gasteiger partial charge in [-0.2, -0.15) is 0 Å². The first-order valence-electron chi connectivity index (χ1n) is 9.76. The van der Waals surface area contributed by atoms with Crippen molar-refractivity contribution in [2.45, 2.75) is 13.0 Å². The standard InChI is InChI=1S/C23H24ClNO6/c1-4-31-17-10-7-15(13-18(17)30-3)20-19(21(26)14-5-8-16(24)9-6-14)22(27)23(28)25(20)11-12-29-2/h5-10,13,20,26H,4,11-12H2,1-3H3/t20-/m1/s1. The Labute approximate surface area is 185 Å². The molecule has 1 N–H and O–H groups in total. The van der Waals surface area contributed by atoms with E-state index < -0.39 is 17.7 Å². The fourth-order valence-corrected chi connectivity index (χ4v) is 3.67. The number of amides is 1. The number of aliphatic hydroxyl groups excluding tert-OH is 1. The predicted molar refractivity (Wildman–Crippen MR) is 117 cm³/mol. The van der Waals surface area contributed by atoms with Crippen molar-refractivity contribution < 1.29 is 28.9 Å². The molecule has 0 bridgehead atoms. The van der Waals surface area contributed by atoms with Gasteiger partial charge in [0.25, 0.3) is 11.7 Å². The Morgan fingerprint density at radius 2 is 1.81 bits per heavy atom. The highest BCUT2D eigenvalue weighted by atomic mass is 35.5. The van der Waals surface area contributed by atoms with Gasteiger partial charge in [0, 0.05) is 24.2 Å². The highest BCUT2D eigenvalue weighted by Crippen LogP contribution is 2.41. The SMILES string of the molecule is CCOc1ccc([C@@H]2C(=C(O)c3ccc(Cl)cc3)C(=O)C(=O)N2CCOC)cc1OC. The molecule has 0 saturated carbocycles. The molecule has 1 atom stereocenters. The average Bonchev–Trinajstić information content (AvgIpc) is 3.03. The van der Waals surface area contributed by atoms with E-state index in [-0.39, 0.29) is 24.5 Å². The van der Waals surface area contributed by atoms with Gasteiger partial charge in [-0.1, -0.05) is 17.7 Å². The monoisotopic (exact) mass is 445 g/mol. The lowest BCUT2D eigenvalue weighted by Gasteiger charge is -2.25. The maximum absolute atomic E-state index is 12.9. The molecule has 164 valence electrons. The summed E-state index contributed by atoms with van der Waals surface area (Å²) in [6, 6.07) is 10.8. The maximum Gasteiger partial charge on any atom is 0.295 e. The molecule has 1 heterocycles. The third-order valence-corrected chi connectivity index (χ3v) is 5.25. The second kappa shape index (κ2) is 9.85. The Hall–Kier alpha value is -3.03.